The molecule has 0 unspecified atom stereocenters. The first-order valence-electron chi connectivity index (χ1n) is 10.9. The fourth-order valence-corrected chi connectivity index (χ4v) is 2.99. The van der Waals surface area contributed by atoms with Gasteiger partial charge in [0.2, 0.25) is 17.7 Å². The fraction of sp³-hybridized carbons (Fsp3) is 0.545. The molecule has 196 valence electrons. The Hall–Kier alpha value is -2.94. The predicted molar refractivity (Wildman–Crippen MR) is 119 cm³/mol. The van der Waals surface area contributed by atoms with Crippen LogP contribution in [0.5, 0.6) is 0 Å². The smallest absolute Gasteiger partial charge is 0.245 e. The van der Waals surface area contributed by atoms with Crippen molar-refractivity contribution in [2.45, 2.75) is 32.6 Å². The summed E-state index contributed by atoms with van der Waals surface area (Å²) in [5.41, 5.74) is 4.87. The van der Waals surface area contributed by atoms with Crippen LogP contribution in [0.4, 0.5) is 0 Å². The minimum absolute atomic E-state index is 0.0628. The molecule has 3 amide bonds. The minimum atomic E-state index is -1.07. The van der Waals surface area contributed by atoms with Gasteiger partial charge in [0.15, 0.2) is 5.78 Å². The quantitative estimate of drug-likeness (QED) is 0.0708. The molecule has 0 aromatic heterocycles. The molecule has 0 aliphatic heterocycles. The maximum Gasteiger partial charge on any atom is 0.245 e. The number of hydroxylamine groups is 3. The minimum Gasteiger partial charge on any atom is -0.380 e. The summed E-state index contributed by atoms with van der Waals surface area (Å²) in [6, 6.07) is 6.97. The van der Waals surface area contributed by atoms with Crippen LogP contribution in [0.25, 0.3) is 0 Å². The first kappa shape index (κ1) is 30.1. The van der Waals surface area contributed by atoms with Gasteiger partial charge in [-0.05, 0) is 6.92 Å². The summed E-state index contributed by atoms with van der Waals surface area (Å²) in [6.45, 7) is 1.46. The largest absolute Gasteiger partial charge is 0.380 e. The van der Waals surface area contributed by atoms with Crippen LogP contribution in [0, 0.1) is 12.3 Å². The third kappa shape index (κ3) is 12.4. The zero-order valence-electron chi connectivity index (χ0n) is 19.6. The van der Waals surface area contributed by atoms with Crippen molar-refractivity contribution in [3.63, 3.8) is 0 Å². The van der Waals surface area contributed by atoms with E-state index < -0.39 is 23.1 Å². The van der Waals surface area contributed by atoms with E-state index in [0.717, 1.165) is 5.56 Å². The molecule has 1 aromatic rings. The second-order valence-corrected chi connectivity index (χ2v) is 7.98. The zero-order chi connectivity index (χ0) is 26.1. The van der Waals surface area contributed by atoms with Crippen molar-refractivity contribution in [3.05, 3.63) is 35.4 Å². The lowest BCUT2D eigenvalue weighted by Gasteiger charge is -2.33. The Balaban J connectivity index is 2.99. The normalized spacial score (nSPS) is 11.1. The Labute approximate surface area is 202 Å². The van der Waals surface area contributed by atoms with Gasteiger partial charge in [-0.2, -0.15) is 0 Å². The van der Waals surface area contributed by atoms with Crippen LogP contribution in [0.2, 0.25) is 0 Å². The molecule has 13 nitrogen and oxygen atoms in total. The van der Waals surface area contributed by atoms with Gasteiger partial charge < -0.3 is 14.2 Å². The molecule has 1 rings (SSSR count). The molecule has 0 saturated carbocycles. The summed E-state index contributed by atoms with van der Waals surface area (Å²) < 4.78 is 16.8. The number of rotatable bonds is 18. The highest BCUT2D eigenvalue weighted by Gasteiger charge is 2.35. The van der Waals surface area contributed by atoms with Gasteiger partial charge in [-0.3, -0.25) is 34.8 Å². The van der Waals surface area contributed by atoms with Gasteiger partial charge in [0, 0.05) is 17.4 Å². The van der Waals surface area contributed by atoms with Crippen molar-refractivity contribution in [1.29, 1.82) is 0 Å². The highest BCUT2D eigenvalue weighted by atomic mass is 16.5. The van der Waals surface area contributed by atoms with E-state index >= 15 is 0 Å². The maximum absolute atomic E-state index is 13.1. The van der Waals surface area contributed by atoms with Crippen LogP contribution in [0.15, 0.2) is 24.3 Å². The molecule has 1 aromatic carbocycles. The van der Waals surface area contributed by atoms with E-state index in [-0.39, 0.29) is 71.1 Å². The fourth-order valence-electron chi connectivity index (χ4n) is 2.99. The van der Waals surface area contributed by atoms with Crippen LogP contribution in [-0.4, -0.2) is 78.8 Å². The van der Waals surface area contributed by atoms with Crippen LogP contribution >= 0.6 is 0 Å². The molecule has 0 bridgehead atoms. The lowest BCUT2D eigenvalue weighted by molar-refractivity contribution is -0.132. The molecule has 0 aliphatic rings. The molecule has 0 radical (unpaired) electrons. The van der Waals surface area contributed by atoms with Crippen molar-refractivity contribution in [2.75, 3.05) is 39.6 Å². The highest BCUT2D eigenvalue weighted by Crippen LogP contribution is 2.27. The second-order valence-electron chi connectivity index (χ2n) is 7.98. The molecular formula is C22H33N3O10. The van der Waals surface area contributed by atoms with Gasteiger partial charge in [-0.25, -0.2) is 16.4 Å². The monoisotopic (exact) mass is 499 g/mol. The van der Waals surface area contributed by atoms with Crippen molar-refractivity contribution >= 4 is 23.5 Å². The summed E-state index contributed by atoms with van der Waals surface area (Å²) in [6.07, 6.45) is -0.477. The molecule has 35 heavy (non-hydrogen) atoms. The molecule has 0 saturated heterocycles. The predicted octanol–water partition coefficient (Wildman–Crippen LogP) is 0.291. The van der Waals surface area contributed by atoms with Crippen molar-refractivity contribution in [2.24, 2.45) is 5.41 Å². The number of Topliss-reactive ketones (excluding diaryl/α,β-unsaturated/α-hetero) is 1. The number of benzene rings is 1. The van der Waals surface area contributed by atoms with Crippen LogP contribution in [-0.2, 0) is 28.6 Å². The molecule has 0 aliphatic carbocycles. The molecular weight excluding hydrogens is 466 g/mol. The highest BCUT2D eigenvalue weighted by molar-refractivity contribution is 5.96. The summed E-state index contributed by atoms with van der Waals surface area (Å²) >= 11 is 0. The number of hydrogen-bond acceptors (Lipinski definition) is 10. The summed E-state index contributed by atoms with van der Waals surface area (Å²) in [4.78, 5) is 46.9. The molecule has 0 atom stereocenters. The summed E-state index contributed by atoms with van der Waals surface area (Å²) in [7, 11) is 0. The molecule has 6 N–H and O–H groups in total. The summed E-state index contributed by atoms with van der Waals surface area (Å²) in [5.74, 6) is -2.17. The Bertz CT molecular complexity index is 756. The second kappa shape index (κ2) is 16.6. The van der Waals surface area contributed by atoms with E-state index in [2.05, 4.69) is 0 Å². The van der Waals surface area contributed by atoms with Crippen molar-refractivity contribution in [3.8, 4) is 0 Å². The van der Waals surface area contributed by atoms with Gasteiger partial charge in [0.05, 0.1) is 58.9 Å². The van der Waals surface area contributed by atoms with Gasteiger partial charge in [-0.1, -0.05) is 29.8 Å². The van der Waals surface area contributed by atoms with E-state index in [1.54, 1.807) is 24.3 Å². The lowest BCUT2D eigenvalue weighted by Crippen LogP contribution is -2.40. The molecule has 13 heteroatoms. The number of carbonyl (C=O) groups excluding carboxylic acids is 4. The van der Waals surface area contributed by atoms with E-state index in [1.807, 2.05) is 6.92 Å². The third-order valence-corrected chi connectivity index (χ3v) is 4.93. The Morgan fingerprint density at radius 1 is 0.714 bits per heavy atom. The van der Waals surface area contributed by atoms with E-state index in [1.165, 1.54) is 16.4 Å². The van der Waals surface area contributed by atoms with Crippen molar-refractivity contribution < 1.29 is 49.0 Å². The van der Waals surface area contributed by atoms with Gasteiger partial charge in [0.1, 0.15) is 0 Å². The number of amides is 3. The summed E-state index contributed by atoms with van der Waals surface area (Å²) in [5, 5.41) is 25.9. The van der Waals surface area contributed by atoms with Gasteiger partial charge in [-0.15, -0.1) is 0 Å². The Morgan fingerprint density at radius 3 is 1.43 bits per heavy atom. The molecule has 0 fully saturated rings. The number of nitrogens with one attached hydrogen (secondary N) is 3. The lowest BCUT2D eigenvalue weighted by atomic mass is 9.83. The van der Waals surface area contributed by atoms with E-state index in [9.17, 15) is 19.2 Å². The van der Waals surface area contributed by atoms with Crippen LogP contribution in [0.3, 0.4) is 0 Å². The third-order valence-electron chi connectivity index (χ3n) is 4.93. The number of ketones is 1. The van der Waals surface area contributed by atoms with E-state index in [4.69, 9.17) is 29.8 Å². The number of aryl methyl sites for hydroxylation is 1. The maximum atomic E-state index is 13.1. The van der Waals surface area contributed by atoms with Crippen LogP contribution < -0.4 is 16.4 Å². The Kier molecular flexibility index (Phi) is 14.3. The number of carbonyl (C=O) groups is 4. The van der Waals surface area contributed by atoms with E-state index in [0.29, 0.717) is 5.56 Å². The first-order chi connectivity index (χ1) is 16.7. The average Bonchev–Trinajstić information content (AvgIpc) is 2.86. The SMILES string of the molecule is Cc1ccc(C(=O)CC(COCCC(=O)NO)(COCCC(=O)NO)COCCC(=O)NO)cc1. The average molecular weight is 500 g/mol. The molecule has 0 heterocycles. The molecule has 0 spiro atoms. The number of hydrogen-bond donors (Lipinski definition) is 6. The Morgan fingerprint density at radius 2 is 1.09 bits per heavy atom. The zero-order valence-corrected chi connectivity index (χ0v) is 19.6. The van der Waals surface area contributed by atoms with Crippen molar-refractivity contribution in [1.82, 2.24) is 16.4 Å². The number of ether oxygens (including phenoxy) is 3. The van der Waals surface area contributed by atoms with Gasteiger partial charge in [0.25, 0.3) is 0 Å². The topological polar surface area (TPSA) is 193 Å². The van der Waals surface area contributed by atoms with Gasteiger partial charge >= 0.3 is 0 Å². The first-order valence-corrected chi connectivity index (χ1v) is 10.9. The standard InChI is InChI=1S/C22H33N3O10/c1-16-2-4-17(5-3-16)18(26)12-22(13-33-9-6-19(27)23-30,14-34-10-7-20(28)24-31)15-35-11-8-21(29)25-32/h2-5,30-32H,6-15H2,1H3,(H,23,27)(H,24,28)(H,25,29). The van der Waals surface area contributed by atoms with Crippen LogP contribution in [0.1, 0.15) is 41.6 Å².